The maximum Gasteiger partial charge on any atom is 0.417 e. The standard InChI is InChI=1S/C18H15ClF3NO4/c1-10-7-14(15(26-2)8-13(10)19)23-16(24)9-27-17(25)11-5-3-4-6-12(11)18(20,21)22/h3-8H,9H2,1-2H3,(H,23,24). The number of halogens is 4. The third-order valence-corrected chi connectivity index (χ3v) is 3.95. The molecule has 0 unspecified atom stereocenters. The van der Waals surface area contributed by atoms with Crippen LogP contribution in [-0.2, 0) is 15.7 Å². The van der Waals surface area contributed by atoms with Crippen LogP contribution in [-0.4, -0.2) is 25.6 Å². The van der Waals surface area contributed by atoms with Gasteiger partial charge in [0.25, 0.3) is 5.91 Å². The molecule has 1 amide bonds. The van der Waals surface area contributed by atoms with Crippen molar-refractivity contribution in [3.05, 3.63) is 58.1 Å². The zero-order valence-electron chi connectivity index (χ0n) is 14.3. The monoisotopic (exact) mass is 401 g/mol. The van der Waals surface area contributed by atoms with Gasteiger partial charge in [0.15, 0.2) is 6.61 Å². The Morgan fingerprint density at radius 1 is 1.19 bits per heavy atom. The average Bonchev–Trinajstić information content (AvgIpc) is 2.61. The summed E-state index contributed by atoms with van der Waals surface area (Å²) in [6.45, 7) is 0.946. The first-order chi connectivity index (χ1) is 12.6. The number of alkyl halides is 3. The molecule has 2 rings (SSSR count). The quantitative estimate of drug-likeness (QED) is 0.751. The Bertz CT molecular complexity index is 868. The Kier molecular flexibility index (Phi) is 6.32. The summed E-state index contributed by atoms with van der Waals surface area (Å²) in [5.41, 5.74) is -0.844. The first-order valence-electron chi connectivity index (χ1n) is 7.60. The lowest BCUT2D eigenvalue weighted by molar-refractivity contribution is -0.138. The predicted octanol–water partition coefficient (Wildman–Crippen LogP) is 4.47. The highest BCUT2D eigenvalue weighted by Gasteiger charge is 2.35. The molecule has 2 aromatic rings. The number of carbonyl (C=O) groups excluding carboxylic acids is 2. The number of nitrogens with one attached hydrogen (secondary N) is 1. The van der Waals surface area contributed by atoms with Gasteiger partial charge in [-0.15, -0.1) is 0 Å². The van der Waals surface area contributed by atoms with E-state index in [0.717, 1.165) is 18.2 Å². The molecule has 0 spiro atoms. The van der Waals surface area contributed by atoms with E-state index in [1.165, 1.54) is 19.2 Å². The number of esters is 1. The average molecular weight is 402 g/mol. The molecule has 0 fully saturated rings. The molecule has 0 heterocycles. The van der Waals surface area contributed by atoms with E-state index in [4.69, 9.17) is 21.1 Å². The van der Waals surface area contributed by atoms with Gasteiger partial charge in [0.1, 0.15) is 5.75 Å². The number of aryl methyl sites for hydroxylation is 1. The number of rotatable bonds is 5. The molecule has 0 radical (unpaired) electrons. The highest BCUT2D eigenvalue weighted by molar-refractivity contribution is 6.31. The fourth-order valence-electron chi connectivity index (χ4n) is 2.23. The van der Waals surface area contributed by atoms with Crippen LogP contribution in [0, 0.1) is 6.92 Å². The minimum absolute atomic E-state index is 0.285. The summed E-state index contributed by atoms with van der Waals surface area (Å²) in [5, 5.41) is 2.89. The molecule has 9 heteroatoms. The van der Waals surface area contributed by atoms with Crippen LogP contribution >= 0.6 is 11.6 Å². The Balaban J connectivity index is 2.07. The van der Waals surface area contributed by atoms with Crippen LogP contribution in [0.1, 0.15) is 21.5 Å². The molecule has 0 atom stereocenters. The fourth-order valence-corrected chi connectivity index (χ4v) is 2.39. The Hall–Kier alpha value is -2.74. The van der Waals surface area contributed by atoms with E-state index in [-0.39, 0.29) is 11.4 Å². The first kappa shape index (κ1) is 20.6. The van der Waals surface area contributed by atoms with Crippen LogP contribution in [0.25, 0.3) is 0 Å². The largest absolute Gasteiger partial charge is 0.495 e. The molecule has 0 aliphatic carbocycles. The summed E-state index contributed by atoms with van der Waals surface area (Å²) < 4.78 is 48.6. The molecule has 0 saturated carbocycles. The van der Waals surface area contributed by atoms with E-state index in [2.05, 4.69) is 5.32 Å². The lowest BCUT2D eigenvalue weighted by atomic mass is 10.1. The number of anilines is 1. The van der Waals surface area contributed by atoms with Gasteiger partial charge in [-0.05, 0) is 30.7 Å². The molecule has 5 nitrogen and oxygen atoms in total. The van der Waals surface area contributed by atoms with Gasteiger partial charge < -0.3 is 14.8 Å². The van der Waals surface area contributed by atoms with Gasteiger partial charge in [-0.2, -0.15) is 13.2 Å². The summed E-state index contributed by atoms with van der Waals surface area (Å²) in [6.07, 6.45) is -4.72. The summed E-state index contributed by atoms with van der Waals surface area (Å²) in [4.78, 5) is 23.9. The van der Waals surface area contributed by atoms with Crippen molar-refractivity contribution in [1.29, 1.82) is 0 Å². The maximum absolute atomic E-state index is 12.9. The van der Waals surface area contributed by atoms with E-state index in [1.807, 2.05) is 0 Å². The lowest BCUT2D eigenvalue weighted by Crippen LogP contribution is -2.22. The van der Waals surface area contributed by atoms with Gasteiger partial charge in [-0.1, -0.05) is 23.7 Å². The highest BCUT2D eigenvalue weighted by Crippen LogP contribution is 2.32. The fraction of sp³-hybridized carbons (Fsp3) is 0.222. The minimum atomic E-state index is -4.72. The lowest BCUT2D eigenvalue weighted by Gasteiger charge is -2.13. The SMILES string of the molecule is COc1cc(Cl)c(C)cc1NC(=O)COC(=O)c1ccccc1C(F)(F)F. The van der Waals surface area contributed by atoms with Crippen LogP contribution in [0.15, 0.2) is 36.4 Å². The molecule has 0 saturated heterocycles. The summed E-state index contributed by atoms with van der Waals surface area (Å²) in [6, 6.07) is 7.22. The molecular formula is C18H15ClF3NO4. The van der Waals surface area contributed by atoms with Crippen molar-refractivity contribution >= 4 is 29.2 Å². The number of amides is 1. The number of benzene rings is 2. The summed E-state index contributed by atoms with van der Waals surface area (Å²) >= 11 is 5.97. The zero-order valence-corrected chi connectivity index (χ0v) is 15.1. The molecular weight excluding hydrogens is 387 g/mol. The van der Waals surface area contributed by atoms with Gasteiger partial charge in [0, 0.05) is 11.1 Å². The van der Waals surface area contributed by atoms with Crippen molar-refractivity contribution < 1.29 is 32.2 Å². The second-order valence-electron chi connectivity index (χ2n) is 5.47. The molecule has 1 N–H and O–H groups in total. The number of ether oxygens (including phenoxy) is 2. The second-order valence-corrected chi connectivity index (χ2v) is 5.88. The highest BCUT2D eigenvalue weighted by atomic mass is 35.5. The van der Waals surface area contributed by atoms with Gasteiger partial charge in [-0.3, -0.25) is 4.79 Å². The third-order valence-electron chi connectivity index (χ3n) is 3.54. The van der Waals surface area contributed by atoms with Gasteiger partial charge in [0.05, 0.1) is 23.9 Å². The van der Waals surface area contributed by atoms with Crippen molar-refractivity contribution in [1.82, 2.24) is 0 Å². The normalized spacial score (nSPS) is 11.0. The van der Waals surface area contributed by atoms with Crippen LogP contribution in [0.3, 0.4) is 0 Å². The number of carbonyl (C=O) groups is 2. The summed E-state index contributed by atoms with van der Waals surface area (Å²) in [5.74, 6) is -1.71. The van der Waals surface area contributed by atoms with Crippen molar-refractivity contribution in [3.8, 4) is 5.75 Å². The van der Waals surface area contributed by atoms with Gasteiger partial charge >= 0.3 is 12.1 Å². The molecule has 144 valence electrons. The van der Waals surface area contributed by atoms with Crippen LogP contribution in [0.2, 0.25) is 5.02 Å². The van der Waals surface area contributed by atoms with Crippen molar-refractivity contribution in [2.24, 2.45) is 0 Å². The van der Waals surface area contributed by atoms with Crippen molar-refractivity contribution in [2.75, 3.05) is 19.0 Å². The van der Waals surface area contributed by atoms with Crippen LogP contribution in [0.5, 0.6) is 5.75 Å². The van der Waals surface area contributed by atoms with Crippen molar-refractivity contribution in [2.45, 2.75) is 13.1 Å². The first-order valence-corrected chi connectivity index (χ1v) is 7.98. The van der Waals surface area contributed by atoms with Gasteiger partial charge in [-0.25, -0.2) is 4.79 Å². The smallest absolute Gasteiger partial charge is 0.417 e. The minimum Gasteiger partial charge on any atom is -0.495 e. The molecule has 27 heavy (non-hydrogen) atoms. The van der Waals surface area contributed by atoms with E-state index >= 15 is 0 Å². The van der Waals surface area contributed by atoms with Crippen LogP contribution < -0.4 is 10.1 Å². The third kappa shape index (κ3) is 5.13. The van der Waals surface area contributed by atoms with Crippen LogP contribution in [0.4, 0.5) is 18.9 Å². The molecule has 0 aliphatic heterocycles. The molecule has 0 bridgehead atoms. The maximum atomic E-state index is 12.9. The number of methoxy groups -OCH3 is 1. The topological polar surface area (TPSA) is 64.6 Å². The van der Waals surface area contributed by atoms with E-state index < -0.39 is 35.8 Å². The van der Waals surface area contributed by atoms with Crippen molar-refractivity contribution in [3.63, 3.8) is 0 Å². The number of hydrogen-bond acceptors (Lipinski definition) is 4. The molecule has 2 aromatic carbocycles. The predicted molar refractivity (Wildman–Crippen MR) is 93.1 cm³/mol. The Labute approximate surface area is 158 Å². The summed E-state index contributed by atoms with van der Waals surface area (Å²) in [7, 11) is 1.38. The molecule has 0 aromatic heterocycles. The van der Waals surface area contributed by atoms with E-state index in [1.54, 1.807) is 13.0 Å². The number of hydrogen-bond donors (Lipinski definition) is 1. The Morgan fingerprint density at radius 2 is 1.85 bits per heavy atom. The Morgan fingerprint density at radius 3 is 2.48 bits per heavy atom. The van der Waals surface area contributed by atoms with E-state index in [0.29, 0.717) is 10.6 Å². The van der Waals surface area contributed by atoms with Gasteiger partial charge in [0.2, 0.25) is 0 Å². The molecule has 0 aliphatic rings. The second kappa shape index (κ2) is 8.30. The zero-order chi connectivity index (χ0) is 20.2. The van der Waals surface area contributed by atoms with E-state index in [9.17, 15) is 22.8 Å².